The zero-order valence-corrected chi connectivity index (χ0v) is 14.9. The molecule has 0 heterocycles. The first-order valence-electron chi connectivity index (χ1n) is 9.18. The molecule has 0 amide bonds. The van der Waals surface area contributed by atoms with E-state index < -0.39 is 5.97 Å². The Morgan fingerprint density at radius 3 is 2.60 bits per heavy atom. The van der Waals surface area contributed by atoms with Crippen molar-refractivity contribution >= 4 is 5.97 Å². The van der Waals surface area contributed by atoms with Gasteiger partial charge in [0.15, 0.2) is 0 Å². The summed E-state index contributed by atoms with van der Waals surface area (Å²) >= 11 is 0. The van der Waals surface area contributed by atoms with Gasteiger partial charge in [-0.25, -0.2) is 0 Å². The number of carbonyl (C=O) groups is 1. The first-order chi connectivity index (χ1) is 12.1. The molecule has 3 rings (SSSR count). The average Bonchev–Trinajstić information content (AvgIpc) is 3.23. The van der Waals surface area contributed by atoms with Crippen molar-refractivity contribution in [2.45, 2.75) is 57.8 Å². The Morgan fingerprint density at radius 2 is 1.96 bits per heavy atom. The predicted octanol–water partition coefficient (Wildman–Crippen LogP) is 4.93. The molecular weight excluding hydrogens is 312 g/mol. The molecule has 1 aromatic rings. The summed E-state index contributed by atoms with van der Waals surface area (Å²) in [4.78, 5) is 11.0. The quantitative estimate of drug-likeness (QED) is 0.591. The smallest absolute Gasteiger partial charge is 0.304 e. The van der Waals surface area contributed by atoms with Crippen LogP contribution in [0.4, 0.5) is 0 Å². The van der Waals surface area contributed by atoms with Gasteiger partial charge < -0.3 is 9.84 Å². The van der Waals surface area contributed by atoms with Crippen molar-refractivity contribution in [3.8, 4) is 17.6 Å². The molecule has 0 bridgehead atoms. The van der Waals surface area contributed by atoms with Crippen LogP contribution in [0.2, 0.25) is 0 Å². The van der Waals surface area contributed by atoms with E-state index in [2.05, 4.69) is 17.9 Å². The largest absolute Gasteiger partial charge is 0.489 e. The highest BCUT2D eigenvalue weighted by Crippen LogP contribution is 2.48. The Hall–Kier alpha value is -2.21. The van der Waals surface area contributed by atoms with Crippen molar-refractivity contribution in [2.24, 2.45) is 5.41 Å². The predicted molar refractivity (Wildman–Crippen MR) is 98.6 cm³/mol. The fraction of sp³-hybridized carbons (Fsp3) is 0.500. The summed E-state index contributed by atoms with van der Waals surface area (Å²) in [5.74, 6) is 5.52. The van der Waals surface area contributed by atoms with E-state index in [1.54, 1.807) is 6.92 Å². The van der Waals surface area contributed by atoms with E-state index in [0.717, 1.165) is 17.7 Å². The van der Waals surface area contributed by atoms with Crippen LogP contribution in [-0.2, 0) is 4.79 Å². The van der Waals surface area contributed by atoms with Crippen molar-refractivity contribution < 1.29 is 14.6 Å². The summed E-state index contributed by atoms with van der Waals surface area (Å²) in [5.41, 5.74) is 2.83. The molecule has 1 N–H and O–H groups in total. The Bertz CT molecular complexity index is 697. The molecule has 25 heavy (non-hydrogen) atoms. The fourth-order valence-electron chi connectivity index (χ4n) is 4.15. The SMILES string of the molecule is CC#CC(CC(=O)O)c1ccc(OCC2=CC3(CCCC3)CC2)cc1. The van der Waals surface area contributed by atoms with Crippen LogP contribution in [0.1, 0.15) is 63.4 Å². The number of carboxylic acids is 1. The van der Waals surface area contributed by atoms with Gasteiger partial charge >= 0.3 is 5.97 Å². The molecule has 2 aliphatic rings. The van der Waals surface area contributed by atoms with E-state index in [-0.39, 0.29) is 12.3 Å². The lowest BCUT2D eigenvalue weighted by molar-refractivity contribution is -0.137. The van der Waals surface area contributed by atoms with Crippen LogP contribution in [0.15, 0.2) is 35.9 Å². The molecule has 132 valence electrons. The van der Waals surface area contributed by atoms with Crippen molar-refractivity contribution in [3.63, 3.8) is 0 Å². The normalized spacial score (nSPS) is 19.2. The first-order valence-corrected chi connectivity index (χ1v) is 9.18. The van der Waals surface area contributed by atoms with E-state index in [1.807, 2.05) is 24.3 Å². The van der Waals surface area contributed by atoms with Crippen molar-refractivity contribution in [2.75, 3.05) is 6.61 Å². The van der Waals surface area contributed by atoms with Gasteiger partial charge in [-0.3, -0.25) is 4.79 Å². The summed E-state index contributed by atoms with van der Waals surface area (Å²) in [5, 5.41) is 9.02. The minimum Gasteiger partial charge on any atom is -0.489 e. The second-order valence-corrected chi connectivity index (χ2v) is 7.27. The van der Waals surface area contributed by atoms with Gasteiger partial charge in [0, 0.05) is 0 Å². The second kappa shape index (κ2) is 7.78. The van der Waals surface area contributed by atoms with Gasteiger partial charge in [-0.15, -0.1) is 5.92 Å². The number of rotatable bonds is 6. The molecule has 0 saturated heterocycles. The minimum absolute atomic E-state index is 0.0238. The van der Waals surface area contributed by atoms with Crippen LogP contribution in [0.3, 0.4) is 0 Å². The maximum Gasteiger partial charge on any atom is 0.304 e. The van der Waals surface area contributed by atoms with Crippen LogP contribution >= 0.6 is 0 Å². The third-order valence-electron chi connectivity index (χ3n) is 5.46. The summed E-state index contributed by atoms with van der Waals surface area (Å²) in [6.07, 6.45) is 10.4. The molecule has 3 nitrogen and oxygen atoms in total. The van der Waals surface area contributed by atoms with Gasteiger partial charge in [-0.2, -0.15) is 0 Å². The highest BCUT2D eigenvalue weighted by Gasteiger charge is 2.35. The number of carboxylic acid groups (broad SMARTS) is 1. The fourth-order valence-corrected chi connectivity index (χ4v) is 4.15. The Labute approximate surface area is 150 Å². The molecular formula is C22H26O3. The van der Waals surface area contributed by atoms with Gasteiger partial charge in [-0.05, 0) is 61.3 Å². The van der Waals surface area contributed by atoms with Gasteiger partial charge in [0.05, 0.1) is 12.3 Å². The molecule has 1 saturated carbocycles. The van der Waals surface area contributed by atoms with Crippen LogP contribution < -0.4 is 4.74 Å². The lowest BCUT2D eigenvalue weighted by Gasteiger charge is -2.18. The van der Waals surface area contributed by atoms with Crippen molar-refractivity contribution in [1.82, 2.24) is 0 Å². The topological polar surface area (TPSA) is 46.5 Å². The summed E-state index contributed by atoms with van der Waals surface area (Å²) in [6.45, 7) is 2.40. The van der Waals surface area contributed by atoms with E-state index in [4.69, 9.17) is 9.84 Å². The molecule has 3 heteroatoms. The summed E-state index contributed by atoms with van der Waals surface area (Å²) in [6, 6.07) is 7.69. The monoisotopic (exact) mass is 338 g/mol. The number of ether oxygens (including phenoxy) is 1. The zero-order chi connectivity index (χ0) is 17.7. The third-order valence-corrected chi connectivity index (χ3v) is 5.46. The summed E-state index contributed by atoms with van der Waals surface area (Å²) in [7, 11) is 0. The lowest BCUT2D eigenvalue weighted by atomic mass is 9.86. The van der Waals surface area contributed by atoms with E-state index in [0.29, 0.717) is 12.0 Å². The number of aliphatic carboxylic acids is 1. The minimum atomic E-state index is -0.831. The van der Waals surface area contributed by atoms with Crippen molar-refractivity contribution in [1.29, 1.82) is 0 Å². The molecule has 1 aromatic carbocycles. The maximum absolute atomic E-state index is 11.0. The maximum atomic E-state index is 11.0. The average molecular weight is 338 g/mol. The highest BCUT2D eigenvalue weighted by atomic mass is 16.5. The standard InChI is InChI=1S/C22H26O3/c1-2-5-19(14-21(23)24)18-6-8-20(9-7-18)25-16-17-10-13-22(15-17)11-3-4-12-22/h6-9,15,19H,3-4,10-14,16H2,1H3,(H,23,24). The molecule has 1 spiro atoms. The lowest BCUT2D eigenvalue weighted by Crippen LogP contribution is -2.07. The molecule has 0 radical (unpaired) electrons. The summed E-state index contributed by atoms with van der Waals surface area (Å²) < 4.78 is 5.95. The molecule has 1 unspecified atom stereocenters. The molecule has 2 aliphatic carbocycles. The van der Waals surface area contributed by atoms with Gasteiger partial charge in [-0.1, -0.05) is 37.0 Å². The number of hydrogen-bond donors (Lipinski definition) is 1. The van der Waals surface area contributed by atoms with Crippen molar-refractivity contribution in [3.05, 3.63) is 41.5 Å². The molecule has 1 fully saturated rings. The molecule has 1 atom stereocenters. The van der Waals surface area contributed by atoms with E-state index in [1.165, 1.54) is 37.7 Å². The third kappa shape index (κ3) is 4.45. The number of hydrogen-bond acceptors (Lipinski definition) is 2. The zero-order valence-electron chi connectivity index (χ0n) is 14.9. The van der Waals surface area contributed by atoms with Gasteiger partial charge in [0.2, 0.25) is 0 Å². The molecule has 0 aliphatic heterocycles. The Kier molecular flexibility index (Phi) is 5.48. The first kappa shape index (κ1) is 17.6. The Balaban J connectivity index is 1.59. The Morgan fingerprint density at radius 1 is 1.24 bits per heavy atom. The highest BCUT2D eigenvalue weighted by molar-refractivity contribution is 5.69. The van der Waals surface area contributed by atoms with Gasteiger partial charge in [0.25, 0.3) is 0 Å². The number of allylic oxidation sites excluding steroid dienone is 1. The van der Waals surface area contributed by atoms with Crippen LogP contribution in [-0.4, -0.2) is 17.7 Å². The van der Waals surface area contributed by atoms with Gasteiger partial charge in [0.1, 0.15) is 12.4 Å². The second-order valence-electron chi connectivity index (χ2n) is 7.27. The number of benzene rings is 1. The van der Waals surface area contributed by atoms with Crippen LogP contribution in [0, 0.1) is 17.3 Å². The van der Waals surface area contributed by atoms with E-state index in [9.17, 15) is 4.79 Å². The van der Waals surface area contributed by atoms with Crippen LogP contribution in [0.25, 0.3) is 0 Å². The van der Waals surface area contributed by atoms with E-state index >= 15 is 0 Å². The van der Waals surface area contributed by atoms with Crippen LogP contribution in [0.5, 0.6) is 5.75 Å². The molecule has 0 aromatic heterocycles.